The summed E-state index contributed by atoms with van der Waals surface area (Å²) in [4.78, 5) is 23.9. The molecule has 0 spiro atoms. The minimum atomic E-state index is -0.636. The average Bonchev–Trinajstić information content (AvgIpc) is 3.09. The fourth-order valence-corrected chi connectivity index (χ4v) is 2.16. The molecule has 2 aromatic carbocycles. The highest BCUT2D eigenvalue weighted by Crippen LogP contribution is 2.14. The van der Waals surface area contributed by atoms with E-state index in [1.54, 1.807) is 12.1 Å². The summed E-state index contributed by atoms with van der Waals surface area (Å²) in [6, 6.07) is 15.6. The van der Waals surface area contributed by atoms with E-state index < -0.39 is 11.8 Å². The van der Waals surface area contributed by atoms with E-state index in [-0.39, 0.29) is 17.0 Å². The summed E-state index contributed by atoms with van der Waals surface area (Å²) >= 11 is 0. The van der Waals surface area contributed by atoms with Crippen LogP contribution in [0.2, 0.25) is 0 Å². The van der Waals surface area contributed by atoms with E-state index in [4.69, 9.17) is 0 Å². The van der Waals surface area contributed by atoms with Crippen molar-refractivity contribution in [3.05, 3.63) is 77.6 Å². The second-order valence-electron chi connectivity index (χ2n) is 5.21. The molecular formula is C17H15N5O3. The smallest absolute Gasteiger partial charge is 0.291 e. The molecule has 0 atom stereocenters. The molecule has 0 aliphatic carbocycles. The highest BCUT2D eigenvalue weighted by atomic mass is 16.3. The Labute approximate surface area is 143 Å². The molecular weight excluding hydrogens is 322 g/mol. The number of nitrogens with zero attached hydrogens (tertiary/aromatic N) is 3. The fourth-order valence-electron chi connectivity index (χ4n) is 2.16. The lowest BCUT2D eigenvalue weighted by molar-refractivity contribution is 0.0842. The molecule has 8 heteroatoms. The minimum absolute atomic E-state index is 0.0514. The van der Waals surface area contributed by atoms with Gasteiger partial charge in [-0.2, -0.15) is 0 Å². The van der Waals surface area contributed by atoms with E-state index in [0.29, 0.717) is 6.54 Å². The Morgan fingerprint density at radius 3 is 2.40 bits per heavy atom. The van der Waals surface area contributed by atoms with Gasteiger partial charge in [0.2, 0.25) is 0 Å². The first-order valence-electron chi connectivity index (χ1n) is 7.46. The molecule has 0 saturated carbocycles. The number of phenols is 1. The minimum Gasteiger partial charge on any atom is -0.507 e. The zero-order valence-corrected chi connectivity index (χ0v) is 13.1. The number of aromatic hydroxyl groups is 1. The van der Waals surface area contributed by atoms with E-state index in [2.05, 4.69) is 21.2 Å². The lowest BCUT2D eigenvalue weighted by atomic mass is 10.2. The van der Waals surface area contributed by atoms with Gasteiger partial charge in [0.25, 0.3) is 11.8 Å². The number of amides is 2. The lowest BCUT2D eigenvalue weighted by Gasteiger charge is -2.06. The lowest BCUT2D eigenvalue weighted by Crippen LogP contribution is -2.41. The molecule has 0 aliphatic rings. The first kappa shape index (κ1) is 16.2. The molecule has 126 valence electrons. The topological polar surface area (TPSA) is 109 Å². The summed E-state index contributed by atoms with van der Waals surface area (Å²) in [5.74, 6) is -1.42. The molecule has 0 fully saturated rings. The molecule has 1 heterocycles. The molecule has 3 rings (SSSR count). The third-order valence-corrected chi connectivity index (χ3v) is 3.40. The number of hydrogen-bond donors (Lipinski definition) is 3. The Balaban J connectivity index is 1.59. The van der Waals surface area contributed by atoms with Gasteiger partial charge in [0, 0.05) is 0 Å². The molecule has 25 heavy (non-hydrogen) atoms. The van der Waals surface area contributed by atoms with E-state index in [0.717, 1.165) is 5.56 Å². The molecule has 3 aromatic rings. The predicted octanol–water partition coefficient (Wildman–Crippen LogP) is 1.11. The van der Waals surface area contributed by atoms with Crippen LogP contribution in [0.3, 0.4) is 0 Å². The highest BCUT2D eigenvalue weighted by molar-refractivity contribution is 5.99. The van der Waals surface area contributed by atoms with Gasteiger partial charge in [-0.05, 0) is 17.7 Å². The number of nitrogens with one attached hydrogen (secondary N) is 2. The maximum atomic E-state index is 12.0. The Hall–Kier alpha value is -3.68. The third-order valence-electron chi connectivity index (χ3n) is 3.40. The molecule has 0 bridgehead atoms. The number of phenolic OH excluding ortho intramolecular Hbond substituents is 1. The molecule has 0 radical (unpaired) electrons. The van der Waals surface area contributed by atoms with Crippen molar-refractivity contribution >= 4 is 11.8 Å². The first-order chi connectivity index (χ1) is 12.1. The molecule has 0 unspecified atom stereocenters. The van der Waals surface area contributed by atoms with Crippen molar-refractivity contribution in [3.63, 3.8) is 0 Å². The van der Waals surface area contributed by atoms with E-state index in [1.165, 1.54) is 23.0 Å². The van der Waals surface area contributed by atoms with Gasteiger partial charge in [0.05, 0.1) is 18.3 Å². The van der Waals surface area contributed by atoms with Crippen molar-refractivity contribution in [3.8, 4) is 5.75 Å². The fraction of sp³-hybridized carbons (Fsp3) is 0.0588. The van der Waals surface area contributed by atoms with Crippen LogP contribution in [-0.2, 0) is 6.54 Å². The van der Waals surface area contributed by atoms with Crippen molar-refractivity contribution in [2.75, 3.05) is 0 Å². The number of aromatic nitrogens is 3. The maximum Gasteiger partial charge on any atom is 0.291 e. The molecule has 1 aromatic heterocycles. The average molecular weight is 337 g/mol. The standard InChI is InChI=1S/C17H15N5O3/c23-15-9-5-4-8-13(15)16(24)19-20-17(25)14-11-22(21-18-14)10-12-6-2-1-3-7-12/h1-9,11,23H,10H2,(H,19,24)(H,20,25). The van der Waals surface area contributed by atoms with Gasteiger partial charge in [-0.1, -0.05) is 47.7 Å². The second kappa shape index (κ2) is 7.26. The second-order valence-corrected chi connectivity index (χ2v) is 5.21. The third kappa shape index (κ3) is 3.99. The number of benzene rings is 2. The summed E-state index contributed by atoms with van der Waals surface area (Å²) < 4.78 is 1.52. The maximum absolute atomic E-state index is 12.0. The molecule has 3 N–H and O–H groups in total. The first-order valence-corrected chi connectivity index (χ1v) is 7.46. The summed E-state index contributed by atoms with van der Waals surface area (Å²) in [5, 5.41) is 17.3. The Morgan fingerprint density at radius 2 is 1.64 bits per heavy atom. The summed E-state index contributed by atoms with van der Waals surface area (Å²) in [7, 11) is 0. The number of hydrogen-bond acceptors (Lipinski definition) is 5. The van der Waals surface area contributed by atoms with Gasteiger partial charge in [0.1, 0.15) is 5.75 Å². The molecule has 8 nitrogen and oxygen atoms in total. The Bertz CT molecular complexity index is 892. The molecule has 0 aliphatic heterocycles. The number of rotatable bonds is 4. The van der Waals surface area contributed by atoms with Gasteiger partial charge in [-0.3, -0.25) is 20.4 Å². The predicted molar refractivity (Wildman–Crippen MR) is 88.6 cm³/mol. The SMILES string of the molecule is O=C(NNC(=O)c1ccccc1O)c1cn(Cc2ccccc2)nn1. The van der Waals surface area contributed by atoms with Crippen LogP contribution in [0.1, 0.15) is 26.4 Å². The van der Waals surface area contributed by atoms with Gasteiger partial charge >= 0.3 is 0 Å². The van der Waals surface area contributed by atoms with Crippen LogP contribution in [0.25, 0.3) is 0 Å². The number of hydrazine groups is 1. The van der Waals surface area contributed by atoms with Crippen LogP contribution in [0.15, 0.2) is 60.8 Å². The largest absolute Gasteiger partial charge is 0.507 e. The van der Waals surface area contributed by atoms with E-state index >= 15 is 0 Å². The highest BCUT2D eigenvalue weighted by Gasteiger charge is 2.14. The Morgan fingerprint density at radius 1 is 0.960 bits per heavy atom. The van der Waals surface area contributed by atoms with Crippen molar-refractivity contribution < 1.29 is 14.7 Å². The van der Waals surface area contributed by atoms with Crippen LogP contribution in [0.5, 0.6) is 5.75 Å². The summed E-state index contributed by atoms with van der Waals surface area (Å²) in [6.45, 7) is 0.478. The van der Waals surface area contributed by atoms with E-state index in [1.807, 2.05) is 30.3 Å². The van der Waals surface area contributed by atoms with Crippen LogP contribution in [0.4, 0.5) is 0 Å². The van der Waals surface area contributed by atoms with Gasteiger partial charge in [0.15, 0.2) is 5.69 Å². The van der Waals surface area contributed by atoms with Crippen molar-refractivity contribution in [1.82, 2.24) is 25.8 Å². The number of carbonyl (C=O) groups excluding carboxylic acids is 2. The van der Waals surface area contributed by atoms with Gasteiger partial charge in [-0.15, -0.1) is 5.10 Å². The summed E-state index contributed by atoms with van der Waals surface area (Å²) in [5.41, 5.74) is 5.59. The van der Waals surface area contributed by atoms with Crippen LogP contribution in [-0.4, -0.2) is 31.9 Å². The Kier molecular flexibility index (Phi) is 4.70. The normalized spacial score (nSPS) is 10.2. The van der Waals surface area contributed by atoms with Crippen molar-refractivity contribution in [1.29, 1.82) is 0 Å². The van der Waals surface area contributed by atoms with Crippen LogP contribution < -0.4 is 10.9 Å². The van der Waals surface area contributed by atoms with Gasteiger partial charge < -0.3 is 5.11 Å². The quantitative estimate of drug-likeness (QED) is 0.618. The van der Waals surface area contributed by atoms with Crippen molar-refractivity contribution in [2.45, 2.75) is 6.54 Å². The zero-order valence-electron chi connectivity index (χ0n) is 13.1. The summed E-state index contributed by atoms with van der Waals surface area (Å²) in [6.07, 6.45) is 1.48. The van der Waals surface area contributed by atoms with Crippen LogP contribution in [0, 0.1) is 0 Å². The van der Waals surface area contributed by atoms with E-state index in [9.17, 15) is 14.7 Å². The van der Waals surface area contributed by atoms with Crippen molar-refractivity contribution in [2.24, 2.45) is 0 Å². The molecule has 2 amide bonds. The molecule has 0 saturated heterocycles. The number of carbonyl (C=O) groups is 2. The van der Waals surface area contributed by atoms with Crippen LogP contribution >= 0.6 is 0 Å². The monoisotopic (exact) mass is 337 g/mol. The number of para-hydroxylation sites is 1. The van der Waals surface area contributed by atoms with Gasteiger partial charge in [-0.25, -0.2) is 4.68 Å². The zero-order chi connectivity index (χ0) is 17.6.